The maximum atomic E-state index is 12.2. The van der Waals surface area contributed by atoms with Gasteiger partial charge in [0.25, 0.3) is 0 Å². The number of hydrogen-bond donors (Lipinski definition) is 1. The van der Waals surface area contributed by atoms with Crippen LogP contribution in [-0.4, -0.2) is 43.3 Å². The fourth-order valence-electron chi connectivity index (χ4n) is 2.48. The van der Waals surface area contributed by atoms with Gasteiger partial charge < -0.3 is 14.6 Å². The molecular weight excluding hydrogens is 352 g/mol. The first-order valence-corrected chi connectivity index (χ1v) is 8.94. The van der Waals surface area contributed by atoms with Crippen molar-refractivity contribution in [2.75, 3.05) is 18.2 Å². The van der Waals surface area contributed by atoms with Crippen LogP contribution in [0.1, 0.15) is 5.56 Å². The molecule has 8 nitrogen and oxygen atoms in total. The van der Waals surface area contributed by atoms with Crippen molar-refractivity contribution in [2.24, 2.45) is 14.1 Å². The molecule has 1 amide bonds. The summed E-state index contributed by atoms with van der Waals surface area (Å²) in [6.45, 7) is 1.96. The molecule has 2 aromatic heterocycles. The van der Waals surface area contributed by atoms with Crippen LogP contribution in [0.15, 0.2) is 35.6 Å². The number of aryl methyl sites for hydroxylation is 2. The summed E-state index contributed by atoms with van der Waals surface area (Å²) >= 11 is 1.33. The number of ether oxygens (including phenoxy) is 1. The molecule has 1 N–H and O–H groups in total. The van der Waals surface area contributed by atoms with Crippen LogP contribution in [0.3, 0.4) is 0 Å². The van der Waals surface area contributed by atoms with Crippen LogP contribution in [-0.2, 0) is 18.9 Å². The Hall–Kier alpha value is -2.81. The molecule has 2 heterocycles. The Kier molecular flexibility index (Phi) is 5.27. The molecule has 0 aliphatic heterocycles. The molecule has 136 valence electrons. The average Bonchev–Trinajstić information content (AvgIpc) is 3.17. The second-order valence-electron chi connectivity index (χ2n) is 5.74. The largest absolute Gasteiger partial charge is 0.479 e. The van der Waals surface area contributed by atoms with Crippen LogP contribution < -0.4 is 10.1 Å². The highest BCUT2D eigenvalue weighted by molar-refractivity contribution is 7.99. The normalized spacial score (nSPS) is 10.8. The lowest BCUT2D eigenvalue weighted by atomic mass is 10.2. The molecule has 0 bridgehead atoms. The molecule has 26 heavy (non-hydrogen) atoms. The van der Waals surface area contributed by atoms with Gasteiger partial charge in [-0.2, -0.15) is 0 Å². The maximum Gasteiger partial charge on any atom is 0.243 e. The molecule has 0 aliphatic carbocycles. The molecular formula is C17H20N6O2S. The van der Waals surface area contributed by atoms with Crippen molar-refractivity contribution in [1.29, 1.82) is 0 Å². The molecule has 1 aromatic carbocycles. The van der Waals surface area contributed by atoms with Crippen molar-refractivity contribution < 1.29 is 9.53 Å². The topological polar surface area (TPSA) is 86.9 Å². The first kappa shape index (κ1) is 18.0. The van der Waals surface area contributed by atoms with Gasteiger partial charge in [0, 0.05) is 26.0 Å². The molecule has 0 fully saturated rings. The summed E-state index contributed by atoms with van der Waals surface area (Å²) in [5.41, 5.74) is 2.59. The van der Waals surface area contributed by atoms with Crippen molar-refractivity contribution in [3.63, 3.8) is 0 Å². The number of rotatable bonds is 6. The number of amides is 1. The number of hydrogen-bond acceptors (Lipinski definition) is 6. The second kappa shape index (κ2) is 7.61. The lowest BCUT2D eigenvalue weighted by Gasteiger charge is -2.07. The van der Waals surface area contributed by atoms with Gasteiger partial charge in [-0.25, -0.2) is 0 Å². The summed E-state index contributed by atoms with van der Waals surface area (Å²) in [6.07, 6.45) is 1.82. The van der Waals surface area contributed by atoms with Gasteiger partial charge in [0.1, 0.15) is 5.56 Å². The minimum atomic E-state index is -0.0900. The first-order chi connectivity index (χ1) is 12.5. The summed E-state index contributed by atoms with van der Waals surface area (Å²) in [5.74, 6) is 1.27. The predicted molar refractivity (Wildman–Crippen MR) is 100 cm³/mol. The van der Waals surface area contributed by atoms with Crippen LogP contribution in [0.4, 0.5) is 5.69 Å². The summed E-state index contributed by atoms with van der Waals surface area (Å²) in [4.78, 5) is 12.2. The van der Waals surface area contributed by atoms with Gasteiger partial charge in [-0.05, 0) is 18.6 Å². The summed E-state index contributed by atoms with van der Waals surface area (Å²) in [7, 11) is 5.23. The number of aromatic nitrogens is 5. The zero-order valence-corrected chi connectivity index (χ0v) is 15.9. The molecule has 0 radical (unpaired) electrons. The zero-order chi connectivity index (χ0) is 18.7. The quantitative estimate of drug-likeness (QED) is 0.668. The van der Waals surface area contributed by atoms with Gasteiger partial charge in [-0.15, -0.1) is 15.3 Å². The minimum Gasteiger partial charge on any atom is -0.479 e. The highest BCUT2D eigenvalue weighted by Gasteiger charge is 2.19. The van der Waals surface area contributed by atoms with Crippen molar-refractivity contribution in [2.45, 2.75) is 12.1 Å². The lowest BCUT2D eigenvalue weighted by molar-refractivity contribution is -0.113. The summed E-state index contributed by atoms with van der Waals surface area (Å²) < 4.78 is 8.76. The Labute approximate surface area is 155 Å². The molecule has 0 saturated carbocycles. The SMILES string of the molecule is COc1nn(C)cc1-c1nnc(SCC(=O)Nc2ccccc2C)n1C. The van der Waals surface area contributed by atoms with Crippen molar-refractivity contribution in [3.8, 4) is 17.3 Å². The van der Waals surface area contributed by atoms with E-state index in [4.69, 9.17) is 4.74 Å². The third-order valence-electron chi connectivity index (χ3n) is 3.82. The second-order valence-corrected chi connectivity index (χ2v) is 6.69. The molecule has 0 atom stereocenters. The Morgan fingerprint density at radius 2 is 2.04 bits per heavy atom. The van der Waals surface area contributed by atoms with Crippen molar-refractivity contribution >= 4 is 23.4 Å². The molecule has 0 aliphatic rings. The number of anilines is 1. The van der Waals surface area contributed by atoms with E-state index in [1.54, 1.807) is 11.8 Å². The van der Waals surface area contributed by atoms with E-state index in [0.29, 0.717) is 16.9 Å². The van der Waals surface area contributed by atoms with Gasteiger partial charge in [0.05, 0.1) is 12.9 Å². The Morgan fingerprint density at radius 1 is 1.27 bits per heavy atom. The van der Waals surface area contributed by atoms with Crippen LogP contribution in [0, 0.1) is 6.92 Å². The highest BCUT2D eigenvalue weighted by atomic mass is 32.2. The van der Waals surface area contributed by atoms with Crippen LogP contribution in [0.5, 0.6) is 5.88 Å². The Morgan fingerprint density at radius 3 is 2.77 bits per heavy atom. The minimum absolute atomic E-state index is 0.0900. The standard InChI is InChI=1S/C17H20N6O2S/c1-11-7-5-6-8-13(11)18-14(24)10-26-17-20-19-15(23(17)3)12-9-22(2)21-16(12)25-4/h5-9H,10H2,1-4H3,(H,18,24). The number of carbonyl (C=O) groups excluding carboxylic acids is 1. The molecule has 9 heteroatoms. The monoisotopic (exact) mass is 372 g/mol. The number of methoxy groups -OCH3 is 1. The molecule has 3 rings (SSSR count). The third-order valence-corrected chi connectivity index (χ3v) is 4.84. The fourth-order valence-corrected chi connectivity index (χ4v) is 3.19. The Bertz CT molecular complexity index is 933. The van der Waals surface area contributed by atoms with Crippen LogP contribution >= 0.6 is 11.8 Å². The smallest absolute Gasteiger partial charge is 0.243 e. The van der Waals surface area contributed by atoms with Crippen molar-refractivity contribution in [3.05, 3.63) is 36.0 Å². The van der Waals surface area contributed by atoms with E-state index in [9.17, 15) is 4.79 Å². The van der Waals surface area contributed by atoms with E-state index in [-0.39, 0.29) is 11.7 Å². The predicted octanol–water partition coefficient (Wildman–Crippen LogP) is 2.26. The molecule has 0 spiro atoms. The van der Waals surface area contributed by atoms with Gasteiger partial charge in [-0.1, -0.05) is 30.0 Å². The third kappa shape index (κ3) is 3.72. The van der Waals surface area contributed by atoms with E-state index in [2.05, 4.69) is 20.6 Å². The number of para-hydroxylation sites is 1. The Balaban J connectivity index is 1.69. The van der Waals surface area contributed by atoms with E-state index in [0.717, 1.165) is 16.8 Å². The van der Waals surface area contributed by atoms with Crippen LogP contribution in [0.25, 0.3) is 11.4 Å². The van der Waals surface area contributed by atoms with E-state index < -0.39 is 0 Å². The zero-order valence-electron chi connectivity index (χ0n) is 15.1. The summed E-state index contributed by atoms with van der Waals surface area (Å²) in [6, 6.07) is 7.67. The fraction of sp³-hybridized carbons (Fsp3) is 0.294. The molecule has 3 aromatic rings. The number of nitrogens with one attached hydrogen (secondary N) is 1. The van der Waals surface area contributed by atoms with Gasteiger partial charge in [0.15, 0.2) is 11.0 Å². The average molecular weight is 372 g/mol. The number of carbonyl (C=O) groups is 1. The van der Waals surface area contributed by atoms with E-state index >= 15 is 0 Å². The number of thioether (sulfide) groups is 1. The molecule has 0 saturated heterocycles. The van der Waals surface area contributed by atoms with Gasteiger partial charge in [-0.3, -0.25) is 9.48 Å². The number of nitrogens with zero attached hydrogens (tertiary/aromatic N) is 5. The van der Waals surface area contributed by atoms with E-state index in [1.165, 1.54) is 11.8 Å². The lowest BCUT2D eigenvalue weighted by Crippen LogP contribution is -2.15. The van der Waals surface area contributed by atoms with Crippen LogP contribution in [0.2, 0.25) is 0 Å². The highest BCUT2D eigenvalue weighted by Crippen LogP contribution is 2.29. The molecule has 0 unspecified atom stereocenters. The van der Waals surface area contributed by atoms with Crippen molar-refractivity contribution in [1.82, 2.24) is 24.5 Å². The van der Waals surface area contributed by atoms with Gasteiger partial charge in [0.2, 0.25) is 11.8 Å². The summed E-state index contributed by atoms with van der Waals surface area (Å²) in [5, 5.41) is 16.2. The maximum absolute atomic E-state index is 12.2. The number of benzene rings is 1. The first-order valence-electron chi connectivity index (χ1n) is 7.95. The van der Waals surface area contributed by atoms with Gasteiger partial charge >= 0.3 is 0 Å². The van der Waals surface area contributed by atoms with E-state index in [1.807, 2.05) is 56.0 Å².